The molecule has 1 N–H and O–H groups in total. The van der Waals surface area contributed by atoms with Crippen molar-refractivity contribution in [3.05, 3.63) is 0 Å². The van der Waals surface area contributed by atoms with E-state index >= 15 is 0 Å². The van der Waals surface area contributed by atoms with E-state index in [0.29, 0.717) is 0 Å². The molecule has 0 amide bonds. The summed E-state index contributed by atoms with van der Waals surface area (Å²) in [4.78, 5) is 4.72. The summed E-state index contributed by atoms with van der Waals surface area (Å²) in [5.74, 6) is 3.24. The van der Waals surface area contributed by atoms with Crippen LogP contribution in [0.4, 0.5) is 0 Å². The molecule has 3 aliphatic rings. The SMILES string of the molecule is C1CCC2NC(=NCCC3CC3)SCC2C1. The van der Waals surface area contributed by atoms with E-state index in [1.165, 1.54) is 55.9 Å². The van der Waals surface area contributed by atoms with Gasteiger partial charge in [0.05, 0.1) is 0 Å². The third-order valence-corrected chi connectivity index (χ3v) is 5.26. The van der Waals surface area contributed by atoms with E-state index in [-0.39, 0.29) is 0 Å². The van der Waals surface area contributed by atoms with Crippen LogP contribution in [0.2, 0.25) is 0 Å². The first kappa shape index (κ1) is 10.9. The summed E-state index contributed by atoms with van der Waals surface area (Å²) in [7, 11) is 0. The Balaban J connectivity index is 1.48. The normalized spacial score (nSPS) is 36.9. The second-order valence-electron chi connectivity index (χ2n) is 5.53. The van der Waals surface area contributed by atoms with E-state index in [2.05, 4.69) is 5.32 Å². The number of thioether (sulfide) groups is 1. The van der Waals surface area contributed by atoms with Gasteiger partial charge in [-0.05, 0) is 31.1 Å². The van der Waals surface area contributed by atoms with Crippen LogP contribution in [0.3, 0.4) is 0 Å². The van der Waals surface area contributed by atoms with E-state index in [4.69, 9.17) is 4.99 Å². The summed E-state index contributed by atoms with van der Waals surface area (Å²) < 4.78 is 0. The molecule has 16 heavy (non-hydrogen) atoms. The van der Waals surface area contributed by atoms with Gasteiger partial charge >= 0.3 is 0 Å². The highest BCUT2D eigenvalue weighted by atomic mass is 32.2. The van der Waals surface area contributed by atoms with Crippen molar-refractivity contribution in [1.29, 1.82) is 0 Å². The van der Waals surface area contributed by atoms with Gasteiger partial charge < -0.3 is 5.32 Å². The standard InChI is InChI=1S/C13H22N2S/c1-2-4-12-11(3-1)9-16-13(15-12)14-8-7-10-5-6-10/h10-12H,1-9H2,(H,14,15). The highest BCUT2D eigenvalue weighted by Gasteiger charge is 2.30. The van der Waals surface area contributed by atoms with Crippen molar-refractivity contribution in [1.82, 2.24) is 5.32 Å². The molecular weight excluding hydrogens is 216 g/mol. The van der Waals surface area contributed by atoms with Gasteiger partial charge in [-0.2, -0.15) is 0 Å². The Hall–Kier alpha value is -0.180. The molecule has 2 atom stereocenters. The van der Waals surface area contributed by atoms with E-state index in [0.717, 1.165) is 24.4 Å². The van der Waals surface area contributed by atoms with Gasteiger partial charge in [0, 0.05) is 18.3 Å². The lowest BCUT2D eigenvalue weighted by atomic mass is 9.86. The summed E-state index contributed by atoms with van der Waals surface area (Å²) in [6, 6.07) is 0.745. The Morgan fingerprint density at radius 1 is 1.19 bits per heavy atom. The molecule has 0 aromatic carbocycles. The fourth-order valence-corrected chi connectivity index (χ4v) is 4.02. The second-order valence-corrected chi connectivity index (χ2v) is 6.53. The minimum absolute atomic E-state index is 0.745. The average molecular weight is 238 g/mol. The molecule has 90 valence electrons. The molecule has 0 spiro atoms. The first-order valence-corrected chi connectivity index (χ1v) is 7.84. The molecule has 2 unspecified atom stereocenters. The Kier molecular flexibility index (Phi) is 3.41. The summed E-state index contributed by atoms with van der Waals surface area (Å²) >= 11 is 1.96. The topological polar surface area (TPSA) is 24.4 Å². The molecule has 3 heteroatoms. The van der Waals surface area contributed by atoms with Crippen LogP contribution in [-0.4, -0.2) is 23.5 Å². The molecule has 0 aromatic rings. The summed E-state index contributed by atoms with van der Waals surface area (Å²) in [6.07, 6.45) is 9.88. The number of hydrogen-bond donors (Lipinski definition) is 1. The smallest absolute Gasteiger partial charge is 0.156 e. The molecule has 1 aliphatic heterocycles. The third kappa shape index (κ3) is 2.73. The monoisotopic (exact) mass is 238 g/mol. The summed E-state index contributed by atoms with van der Waals surface area (Å²) in [5.41, 5.74) is 0. The van der Waals surface area contributed by atoms with Crippen LogP contribution >= 0.6 is 11.8 Å². The molecule has 3 rings (SSSR count). The fourth-order valence-electron chi connectivity index (χ4n) is 2.83. The van der Waals surface area contributed by atoms with Gasteiger partial charge in [-0.1, -0.05) is 37.4 Å². The average Bonchev–Trinajstić information content (AvgIpc) is 3.13. The quantitative estimate of drug-likeness (QED) is 0.817. The van der Waals surface area contributed by atoms with Crippen molar-refractivity contribution >= 4 is 16.9 Å². The van der Waals surface area contributed by atoms with Crippen LogP contribution in [0.15, 0.2) is 4.99 Å². The predicted molar refractivity (Wildman–Crippen MR) is 71.0 cm³/mol. The van der Waals surface area contributed by atoms with Crippen LogP contribution < -0.4 is 5.32 Å². The number of nitrogens with one attached hydrogen (secondary N) is 1. The number of nitrogens with zero attached hydrogens (tertiary/aromatic N) is 1. The van der Waals surface area contributed by atoms with Gasteiger partial charge in [0.25, 0.3) is 0 Å². The lowest BCUT2D eigenvalue weighted by molar-refractivity contribution is 0.311. The molecule has 2 aliphatic carbocycles. The van der Waals surface area contributed by atoms with Gasteiger partial charge in [0.15, 0.2) is 5.17 Å². The number of fused-ring (bicyclic) bond motifs is 1. The molecular formula is C13H22N2S. The largest absolute Gasteiger partial charge is 0.362 e. The van der Waals surface area contributed by atoms with E-state index in [1.807, 2.05) is 11.8 Å². The maximum Gasteiger partial charge on any atom is 0.156 e. The molecule has 3 fully saturated rings. The summed E-state index contributed by atoms with van der Waals surface area (Å²) in [5, 5.41) is 4.90. The Bertz CT molecular complexity index is 273. The maximum absolute atomic E-state index is 4.72. The van der Waals surface area contributed by atoms with E-state index in [1.54, 1.807) is 0 Å². The third-order valence-electron chi connectivity index (χ3n) is 4.14. The molecule has 2 saturated carbocycles. The van der Waals surface area contributed by atoms with Gasteiger partial charge in [-0.15, -0.1) is 0 Å². The van der Waals surface area contributed by atoms with Crippen molar-refractivity contribution in [3.8, 4) is 0 Å². The zero-order chi connectivity index (χ0) is 10.8. The molecule has 1 saturated heterocycles. The van der Waals surface area contributed by atoms with Gasteiger partial charge in [-0.3, -0.25) is 4.99 Å². The molecule has 2 nitrogen and oxygen atoms in total. The van der Waals surface area contributed by atoms with Gasteiger partial charge in [0.2, 0.25) is 0 Å². The van der Waals surface area contributed by atoms with Crippen molar-refractivity contribution in [3.63, 3.8) is 0 Å². The highest BCUT2D eigenvalue weighted by molar-refractivity contribution is 8.13. The van der Waals surface area contributed by atoms with Gasteiger partial charge in [-0.25, -0.2) is 0 Å². The first-order chi connectivity index (χ1) is 7.92. The maximum atomic E-state index is 4.72. The minimum atomic E-state index is 0.745. The van der Waals surface area contributed by atoms with Gasteiger partial charge in [0.1, 0.15) is 0 Å². The van der Waals surface area contributed by atoms with Crippen LogP contribution in [0, 0.1) is 11.8 Å². The van der Waals surface area contributed by atoms with Crippen molar-refractivity contribution in [2.45, 2.75) is 51.0 Å². The number of rotatable bonds is 3. The van der Waals surface area contributed by atoms with E-state index < -0.39 is 0 Å². The molecule has 0 bridgehead atoms. The lowest BCUT2D eigenvalue weighted by Crippen LogP contribution is -2.46. The molecule has 0 aromatic heterocycles. The summed E-state index contributed by atoms with van der Waals surface area (Å²) in [6.45, 7) is 1.05. The molecule has 0 radical (unpaired) electrons. The Morgan fingerprint density at radius 2 is 2.06 bits per heavy atom. The minimum Gasteiger partial charge on any atom is -0.362 e. The zero-order valence-electron chi connectivity index (χ0n) is 9.95. The lowest BCUT2D eigenvalue weighted by Gasteiger charge is -2.36. The van der Waals surface area contributed by atoms with Crippen LogP contribution in [0.5, 0.6) is 0 Å². The van der Waals surface area contributed by atoms with Crippen LogP contribution in [-0.2, 0) is 0 Å². The van der Waals surface area contributed by atoms with Crippen molar-refractivity contribution < 1.29 is 0 Å². The number of aliphatic imine (C=N–C) groups is 1. The first-order valence-electron chi connectivity index (χ1n) is 6.85. The van der Waals surface area contributed by atoms with Crippen molar-refractivity contribution in [2.24, 2.45) is 16.8 Å². The van der Waals surface area contributed by atoms with Crippen LogP contribution in [0.1, 0.15) is 44.9 Å². The Morgan fingerprint density at radius 3 is 2.94 bits per heavy atom. The Labute approximate surface area is 103 Å². The number of hydrogen-bond acceptors (Lipinski definition) is 2. The molecule has 1 heterocycles. The number of amidine groups is 1. The van der Waals surface area contributed by atoms with E-state index in [9.17, 15) is 0 Å². The second kappa shape index (κ2) is 4.99. The van der Waals surface area contributed by atoms with Crippen LogP contribution in [0.25, 0.3) is 0 Å². The van der Waals surface area contributed by atoms with Crippen molar-refractivity contribution in [2.75, 3.05) is 12.3 Å². The fraction of sp³-hybridized carbons (Fsp3) is 0.923. The predicted octanol–water partition coefficient (Wildman–Crippen LogP) is 3.04. The zero-order valence-corrected chi connectivity index (χ0v) is 10.8. The highest BCUT2D eigenvalue weighted by Crippen LogP contribution is 2.33.